The Balaban J connectivity index is 2.70. The summed E-state index contributed by atoms with van der Waals surface area (Å²) in [6.45, 7) is 6.24. The van der Waals surface area contributed by atoms with E-state index in [0.717, 1.165) is 11.8 Å². The van der Waals surface area contributed by atoms with E-state index in [1.54, 1.807) is 19.1 Å². The molecule has 2 N–H and O–H groups in total. The van der Waals surface area contributed by atoms with E-state index >= 15 is 0 Å². The third-order valence-corrected chi connectivity index (χ3v) is 2.48. The Bertz CT molecular complexity index is 538. The van der Waals surface area contributed by atoms with Gasteiger partial charge < -0.3 is 15.2 Å². The molecule has 0 aliphatic heterocycles. The number of carbonyl (C=O) groups excluding carboxylic acids is 1. The molecule has 114 valence electrons. The van der Waals surface area contributed by atoms with Crippen LogP contribution in [0.2, 0.25) is 0 Å². The second-order valence-corrected chi connectivity index (χ2v) is 4.99. The summed E-state index contributed by atoms with van der Waals surface area (Å²) < 4.78 is 5.40. The van der Waals surface area contributed by atoms with Crippen molar-refractivity contribution in [2.24, 2.45) is 5.92 Å². The van der Waals surface area contributed by atoms with Crippen LogP contribution in [-0.4, -0.2) is 35.1 Å². The van der Waals surface area contributed by atoms with E-state index in [1.807, 2.05) is 13.8 Å². The van der Waals surface area contributed by atoms with Gasteiger partial charge in [-0.1, -0.05) is 13.8 Å². The number of carboxylic acids is 1. The number of hydrogen-bond acceptors (Lipinski definition) is 4. The first-order valence-electron chi connectivity index (χ1n) is 6.66. The Morgan fingerprint density at radius 1 is 1.43 bits per heavy atom. The molecule has 0 spiro atoms. The summed E-state index contributed by atoms with van der Waals surface area (Å²) in [5.41, 5.74) is 1.12. The Morgan fingerprint density at radius 2 is 2.14 bits per heavy atom. The van der Waals surface area contributed by atoms with E-state index < -0.39 is 5.97 Å². The summed E-state index contributed by atoms with van der Waals surface area (Å²) in [4.78, 5) is 26.4. The highest BCUT2D eigenvalue weighted by atomic mass is 16.5. The summed E-state index contributed by atoms with van der Waals surface area (Å²) >= 11 is 0. The van der Waals surface area contributed by atoms with Gasteiger partial charge in [0.2, 0.25) is 0 Å². The summed E-state index contributed by atoms with van der Waals surface area (Å²) in [5.74, 6) is -0.557. The molecule has 1 heterocycles. The van der Waals surface area contributed by atoms with Crippen molar-refractivity contribution in [1.82, 2.24) is 10.3 Å². The SMILES string of the molecule is Cc1ccc(OCC(=O)NCC(C)C)c(C=CC(=O)O)n1. The molecule has 0 radical (unpaired) electrons. The summed E-state index contributed by atoms with van der Waals surface area (Å²) in [6, 6.07) is 3.40. The fraction of sp³-hybridized carbons (Fsp3) is 0.400. The summed E-state index contributed by atoms with van der Waals surface area (Å²) in [5, 5.41) is 11.4. The number of aromatic nitrogens is 1. The van der Waals surface area contributed by atoms with Gasteiger partial charge in [-0.25, -0.2) is 9.78 Å². The van der Waals surface area contributed by atoms with Crippen LogP contribution in [0, 0.1) is 12.8 Å². The topological polar surface area (TPSA) is 88.5 Å². The number of nitrogens with one attached hydrogen (secondary N) is 1. The molecule has 0 aliphatic carbocycles. The van der Waals surface area contributed by atoms with Crippen molar-refractivity contribution >= 4 is 18.0 Å². The van der Waals surface area contributed by atoms with Crippen LogP contribution in [0.1, 0.15) is 25.2 Å². The first-order chi connectivity index (χ1) is 9.88. The van der Waals surface area contributed by atoms with E-state index in [9.17, 15) is 9.59 Å². The Kier molecular flexibility index (Phi) is 6.39. The van der Waals surface area contributed by atoms with Crippen LogP contribution in [0.4, 0.5) is 0 Å². The first kappa shape index (κ1) is 16.7. The lowest BCUT2D eigenvalue weighted by Gasteiger charge is -2.10. The lowest BCUT2D eigenvalue weighted by molar-refractivity contribution is -0.131. The molecule has 1 amide bonds. The molecule has 21 heavy (non-hydrogen) atoms. The Morgan fingerprint density at radius 3 is 2.76 bits per heavy atom. The van der Waals surface area contributed by atoms with Gasteiger partial charge in [0, 0.05) is 18.3 Å². The number of aryl methyl sites for hydroxylation is 1. The van der Waals surface area contributed by atoms with Gasteiger partial charge in [0.25, 0.3) is 5.91 Å². The zero-order valence-electron chi connectivity index (χ0n) is 12.4. The number of rotatable bonds is 7. The van der Waals surface area contributed by atoms with Crippen molar-refractivity contribution in [3.05, 3.63) is 29.6 Å². The molecule has 1 rings (SSSR count). The van der Waals surface area contributed by atoms with Gasteiger partial charge in [-0.05, 0) is 31.1 Å². The van der Waals surface area contributed by atoms with Crippen LogP contribution < -0.4 is 10.1 Å². The predicted octanol–water partition coefficient (Wildman–Crippen LogP) is 1.64. The van der Waals surface area contributed by atoms with Crippen LogP contribution in [0.25, 0.3) is 6.08 Å². The molecule has 6 heteroatoms. The zero-order chi connectivity index (χ0) is 15.8. The number of carbonyl (C=O) groups is 2. The Hall–Kier alpha value is -2.37. The molecule has 6 nitrogen and oxygen atoms in total. The van der Waals surface area contributed by atoms with Crippen molar-refractivity contribution in [3.8, 4) is 5.75 Å². The molecular weight excluding hydrogens is 272 g/mol. The van der Waals surface area contributed by atoms with Crippen molar-refractivity contribution in [1.29, 1.82) is 0 Å². The average Bonchev–Trinajstić information content (AvgIpc) is 2.41. The maximum atomic E-state index is 11.6. The largest absolute Gasteiger partial charge is 0.482 e. The second kappa shape index (κ2) is 8.04. The molecule has 0 atom stereocenters. The average molecular weight is 292 g/mol. The number of nitrogens with zero attached hydrogens (tertiary/aromatic N) is 1. The van der Waals surface area contributed by atoms with Crippen LogP contribution in [0.3, 0.4) is 0 Å². The molecule has 1 aromatic heterocycles. The minimum atomic E-state index is -1.07. The predicted molar refractivity (Wildman–Crippen MR) is 79.0 cm³/mol. The van der Waals surface area contributed by atoms with Gasteiger partial charge in [0.05, 0.1) is 0 Å². The second-order valence-electron chi connectivity index (χ2n) is 4.99. The lowest BCUT2D eigenvalue weighted by atomic mass is 10.2. The zero-order valence-corrected chi connectivity index (χ0v) is 12.4. The molecule has 0 aromatic carbocycles. The number of pyridine rings is 1. The fourth-order valence-electron chi connectivity index (χ4n) is 1.47. The van der Waals surface area contributed by atoms with Gasteiger partial charge in [0.15, 0.2) is 6.61 Å². The van der Waals surface area contributed by atoms with Gasteiger partial charge in [0.1, 0.15) is 11.4 Å². The maximum absolute atomic E-state index is 11.6. The van der Waals surface area contributed by atoms with E-state index in [-0.39, 0.29) is 12.5 Å². The monoisotopic (exact) mass is 292 g/mol. The van der Waals surface area contributed by atoms with Gasteiger partial charge in [-0.3, -0.25) is 4.79 Å². The van der Waals surface area contributed by atoms with E-state index in [1.165, 1.54) is 6.08 Å². The van der Waals surface area contributed by atoms with E-state index in [2.05, 4.69) is 10.3 Å². The highest BCUT2D eigenvalue weighted by Crippen LogP contribution is 2.18. The van der Waals surface area contributed by atoms with Crippen LogP contribution in [-0.2, 0) is 9.59 Å². The summed E-state index contributed by atoms with van der Waals surface area (Å²) in [6.07, 6.45) is 2.32. The highest BCUT2D eigenvalue weighted by molar-refractivity contribution is 5.85. The lowest BCUT2D eigenvalue weighted by Crippen LogP contribution is -2.31. The number of aliphatic carboxylic acids is 1. The number of carboxylic acid groups (broad SMARTS) is 1. The van der Waals surface area contributed by atoms with Crippen LogP contribution in [0.15, 0.2) is 18.2 Å². The Labute approximate surface area is 123 Å². The smallest absolute Gasteiger partial charge is 0.328 e. The number of amides is 1. The fourth-order valence-corrected chi connectivity index (χ4v) is 1.47. The van der Waals surface area contributed by atoms with Gasteiger partial charge in [-0.15, -0.1) is 0 Å². The molecule has 0 saturated carbocycles. The van der Waals surface area contributed by atoms with E-state index in [4.69, 9.17) is 9.84 Å². The van der Waals surface area contributed by atoms with Crippen LogP contribution >= 0.6 is 0 Å². The first-order valence-corrected chi connectivity index (χ1v) is 6.66. The quantitative estimate of drug-likeness (QED) is 0.746. The van der Waals surface area contributed by atoms with E-state index in [0.29, 0.717) is 23.9 Å². The van der Waals surface area contributed by atoms with Gasteiger partial charge in [-0.2, -0.15) is 0 Å². The number of ether oxygens (including phenoxy) is 1. The number of hydrogen-bond donors (Lipinski definition) is 2. The maximum Gasteiger partial charge on any atom is 0.328 e. The van der Waals surface area contributed by atoms with Crippen molar-refractivity contribution in [2.45, 2.75) is 20.8 Å². The minimum Gasteiger partial charge on any atom is -0.482 e. The molecule has 0 unspecified atom stereocenters. The molecule has 0 bridgehead atoms. The summed E-state index contributed by atoms with van der Waals surface area (Å²) in [7, 11) is 0. The van der Waals surface area contributed by atoms with Gasteiger partial charge >= 0.3 is 5.97 Å². The molecule has 1 aromatic rings. The standard InChI is InChI=1S/C15H20N2O4/c1-10(2)8-16-14(18)9-21-13-6-4-11(3)17-12(13)5-7-15(19)20/h4-7,10H,8-9H2,1-3H3,(H,16,18)(H,19,20). The highest BCUT2D eigenvalue weighted by Gasteiger charge is 2.07. The molecule has 0 aliphatic rings. The third kappa shape index (κ3) is 6.56. The van der Waals surface area contributed by atoms with Crippen molar-refractivity contribution in [3.63, 3.8) is 0 Å². The molecular formula is C15H20N2O4. The van der Waals surface area contributed by atoms with Crippen molar-refractivity contribution in [2.75, 3.05) is 13.2 Å². The molecule has 0 saturated heterocycles. The third-order valence-electron chi connectivity index (χ3n) is 2.48. The minimum absolute atomic E-state index is 0.134. The molecule has 0 fully saturated rings. The van der Waals surface area contributed by atoms with Crippen LogP contribution in [0.5, 0.6) is 5.75 Å². The van der Waals surface area contributed by atoms with Crippen molar-refractivity contribution < 1.29 is 19.4 Å². The normalized spacial score (nSPS) is 10.9.